The predicted molar refractivity (Wildman–Crippen MR) is 182 cm³/mol. The van der Waals surface area contributed by atoms with Crippen molar-refractivity contribution in [3.8, 4) is 34.5 Å². The molecule has 2 aliphatic rings. The molecule has 0 spiro atoms. The lowest BCUT2D eigenvalue weighted by Crippen LogP contribution is -2.63. The van der Waals surface area contributed by atoms with Crippen LogP contribution in [-0.2, 0) is 33.3 Å². The quantitative estimate of drug-likeness (QED) is 0.0788. The molecule has 2 aromatic carbocycles. The smallest absolute Gasteiger partial charge is 0.331 e. The van der Waals surface area contributed by atoms with Gasteiger partial charge in [0.1, 0.15) is 49.8 Å². The molecule has 2 saturated heterocycles. The topological polar surface area (TPSA) is 268 Å². The highest BCUT2D eigenvalue weighted by Gasteiger charge is 2.60. The van der Waals surface area contributed by atoms with Crippen molar-refractivity contribution in [1.29, 1.82) is 0 Å². The van der Waals surface area contributed by atoms with E-state index in [0.29, 0.717) is 28.4 Å². The normalized spacial score (nSPS) is 28.2. The Morgan fingerprint density at radius 3 is 1.76 bits per heavy atom. The lowest BCUT2D eigenvalue weighted by Gasteiger charge is -2.43. The number of carbonyl (C=O) groups is 2. The fourth-order valence-electron chi connectivity index (χ4n) is 5.67. The first-order valence-electron chi connectivity index (χ1n) is 16.2. The van der Waals surface area contributed by atoms with Gasteiger partial charge in [0.05, 0.1) is 42.2 Å². The Morgan fingerprint density at radius 2 is 1.26 bits per heavy atom. The molecule has 0 bridgehead atoms. The zero-order valence-corrected chi connectivity index (χ0v) is 29.9. The Hall–Kier alpha value is -4.70. The Bertz CT molecular complexity index is 1610. The molecule has 9 atom stereocenters. The number of phenolic OH excluding ortho intramolecular Hbond substituents is 1. The average molecular weight is 769 g/mol. The largest absolute Gasteiger partial charge is 0.502 e. The van der Waals surface area contributed by atoms with Crippen molar-refractivity contribution in [2.75, 3.05) is 55.4 Å². The number of hydrogen-bond acceptors (Lipinski definition) is 19. The van der Waals surface area contributed by atoms with Crippen molar-refractivity contribution in [1.82, 2.24) is 0 Å². The SMILES string of the molecule is COc1cc(/C=C/C(=O)OC[C@H]2O[C@H](O[C@@]3(CO)O[C@@H](CO)[C@H](O)[C@H]3OC(=O)/C=C/c3cc(OC)c(OC)c(OC)c3)[C@H](O)[C@@H](O)[C@@H]2O)cc(OC)c1O. The van der Waals surface area contributed by atoms with Crippen LogP contribution in [0.2, 0.25) is 0 Å². The minimum absolute atomic E-state index is 0.0773. The van der Waals surface area contributed by atoms with Gasteiger partial charge >= 0.3 is 11.9 Å². The summed E-state index contributed by atoms with van der Waals surface area (Å²) in [6, 6.07) is 5.92. The third-order valence-corrected chi connectivity index (χ3v) is 8.51. The Kier molecular flexibility index (Phi) is 14.5. The molecule has 2 heterocycles. The summed E-state index contributed by atoms with van der Waals surface area (Å²) in [5.41, 5.74) is 0.803. The number of aliphatic hydroxyl groups excluding tert-OH is 6. The summed E-state index contributed by atoms with van der Waals surface area (Å²) in [5.74, 6) is -3.69. The second-order valence-electron chi connectivity index (χ2n) is 11.8. The second-order valence-corrected chi connectivity index (χ2v) is 11.8. The number of carbonyl (C=O) groups excluding carboxylic acids is 2. The number of ether oxygens (including phenoxy) is 10. The lowest BCUT2D eigenvalue weighted by atomic mass is 9.98. The van der Waals surface area contributed by atoms with E-state index >= 15 is 0 Å². The maximum atomic E-state index is 13.0. The van der Waals surface area contributed by atoms with Crippen molar-refractivity contribution in [3.63, 3.8) is 0 Å². The van der Waals surface area contributed by atoms with Gasteiger partial charge in [-0.3, -0.25) is 0 Å². The number of aromatic hydroxyl groups is 1. The van der Waals surface area contributed by atoms with Crippen molar-refractivity contribution in [2.45, 2.75) is 54.8 Å². The molecule has 54 heavy (non-hydrogen) atoms. The van der Waals surface area contributed by atoms with Gasteiger partial charge in [0.15, 0.2) is 35.4 Å². The van der Waals surface area contributed by atoms with Crippen LogP contribution in [0.5, 0.6) is 34.5 Å². The van der Waals surface area contributed by atoms with Crippen molar-refractivity contribution in [3.05, 3.63) is 47.5 Å². The zero-order chi connectivity index (χ0) is 39.7. The number of aliphatic hydroxyl groups is 6. The van der Waals surface area contributed by atoms with Gasteiger partial charge in [-0.25, -0.2) is 9.59 Å². The van der Waals surface area contributed by atoms with Crippen LogP contribution >= 0.6 is 0 Å². The molecule has 2 aromatic rings. The highest BCUT2D eigenvalue weighted by molar-refractivity contribution is 5.88. The molecule has 0 saturated carbocycles. The van der Waals surface area contributed by atoms with Crippen LogP contribution in [0.25, 0.3) is 12.2 Å². The van der Waals surface area contributed by atoms with Gasteiger partial charge in [0.25, 0.3) is 0 Å². The predicted octanol–water partition coefficient (Wildman–Crippen LogP) is -1.12. The molecule has 4 rings (SSSR count). The highest BCUT2D eigenvalue weighted by atomic mass is 16.8. The average Bonchev–Trinajstić information content (AvgIpc) is 3.44. The molecule has 0 aromatic heterocycles. The third kappa shape index (κ3) is 9.14. The minimum atomic E-state index is -2.49. The molecule has 0 radical (unpaired) electrons. The van der Waals surface area contributed by atoms with Crippen LogP contribution in [0.3, 0.4) is 0 Å². The summed E-state index contributed by atoms with van der Waals surface area (Å²) in [6.45, 7) is -2.65. The fraction of sp³-hybridized carbons (Fsp3) is 0.486. The summed E-state index contributed by atoms with van der Waals surface area (Å²) in [6.07, 6.45) is -9.75. The minimum Gasteiger partial charge on any atom is -0.502 e. The first-order chi connectivity index (χ1) is 25.8. The number of benzene rings is 2. The maximum Gasteiger partial charge on any atom is 0.331 e. The van der Waals surface area contributed by atoms with E-state index in [9.17, 15) is 45.3 Å². The molecule has 298 valence electrons. The first kappa shape index (κ1) is 42.0. The number of phenols is 1. The van der Waals surface area contributed by atoms with Crippen LogP contribution in [0.15, 0.2) is 36.4 Å². The van der Waals surface area contributed by atoms with Gasteiger partial charge in [0, 0.05) is 12.2 Å². The summed E-state index contributed by atoms with van der Waals surface area (Å²) < 4.78 is 53.6. The molecule has 0 unspecified atom stereocenters. The summed E-state index contributed by atoms with van der Waals surface area (Å²) in [7, 11) is 6.89. The van der Waals surface area contributed by atoms with Crippen LogP contribution in [-0.4, -0.2) is 158 Å². The maximum absolute atomic E-state index is 13.0. The van der Waals surface area contributed by atoms with E-state index in [1.807, 2.05) is 0 Å². The fourth-order valence-corrected chi connectivity index (χ4v) is 5.67. The molecule has 19 nitrogen and oxygen atoms in total. The van der Waals surface area contributed by atoms with Gasteiger partial charge in [-0.1, -0.05) is 0 Å². The Morgan fingerprint density at radius 1 is 0.722 bits per heavy atom. The van der Waals surface area contributed by atoms with Crippen LogP contribution in [0.4, 0.5) is 0 Å². The van der Waals surface area contributed by atoms with E-state index < -0.39 is 86.6 Å². The van der Waals surface area contributed by atoms with E-state index in [-0.39, 0.29) is 17.2 Å². The summed E-state index contributed by atoms with van der Waals surface area (Å²) >= 11 is 0. The lowest BCUT2D eigenvalue weighted by molar-refractivity contribution is -0.383. The Labute approximate surface area is 309 Å². The standard InChI is InChI=1S/C35H44O19/c1-45-19-10-17(11-20(46-2)27(19)40)6-8-25(38)50-15-24-28(41)30(43)31(44)34(51-24)54-35(16-37)33(29(42)23(14-36)53-35)52-26(39)9-7-18-12-21(47-3)32(49-5)22(13-18)48-4/h6-13,23-24,28-31,33-34,36-37,40-44H,14-16H2,1-5H3/b8-6+,9-7+/t23-,24+,28+,29-,30-,31+,33+,34+,35+/m0/s1. The zero-order valence-electron chi connectivity index (χ0n) is 29.9. The van der Waals surface area contributed by atoms with Crippen LogP contribution in [0, 0.1) is 0 Å². The molecule has 7 N–H and O–H groups in total. The van der Waals surface area contributed by atoms with Crippen LogP contribution in [0.1, 0.15) is 11.1 Å². The van der Waals surface area contributed by atoms with Crippen molar-refractivity contribution < 1.29 is 92.7 Å². The highest BCUT2D eigenvalue weighted by Crippen LogP contribution is 2.40. The molecular weight excluding hydrogens is 724 g/mol. The van der Waals surface area contributed by atoms with Gasteiger partial charge in [-0.2, -0.15) is 0 Å². The van der Waals surface area contributed by atoms with E-state index in [1.54, 1.807) is 0 Å². The molecule has 2 aliphatic heterocycles. The van der Waals surface area contributed by atoms with E-state index in [2.05, 4.69) is 0 Å². The molecule has 19 heteroatoms. The first-order valence-corrected chi connectivity index (χ1v) is 16.2. The summed E-state index contributed by atoms with van der Waals surface area (Å²) in [5, 5.41) is 73.3. The van der Waals surface area contributed by atoms with Gasteiger partial charge in [-0.05, 0) is 47.5 Å². The summed E-state index contributed by atoms with van der Waals surface area (Å²) in [4.78, 5) is 25.6. The molecular formula is C35H44O19. The van der Waals surface area contributed by atoms with Gasteiger partial charge in [0.2, 0.25) is 17.3 Å². The monoisotopic (exact) mass is 768 g/mol. The second kappa shape index (κ2) is 18.6. The number of hydrogen-bond donors (Lipinski definition) is 7. The molecule has 0 aliphatic carbocycles. The number of rotatable bonds is 16. The van der Waals surface area contributed by atoms with E-state index in [0.717, 1.165) is 12.2 Å². The molecule has 2 fully saturated rings. The third-order valence-electron chi connectivity index (χ3n) is 8.51. The van der Waals surface area contributed by atoms with E-state index in [4.69, 9.17) is 47.4 Å². The van der Waals surface area contributed by atoms with E-state index in [1.165, 1.54) is 72.0 Å². The van der Waals surface area contributed by atoms with Crippen molar-refractivity contribution in [2.24, 2.45) is 0 Å². The van der Waals surface area contributed by atoms with Gasteiger partial charge < -0.3 is 83.1 Å². The van der Waals surface area contributed by atoms with Crippen molar-refractivity contribution >= 4 is 24.1 Å². The van der Waals surface area contributed by atoms with Crippen LogP contribution < -0.4 is 23.7 Å². The number of methoxy groups -OCH3 is 5. The number of esters is 2. The molecule has 0 amide bonds. The Balaban J connectivity index is 1.49. The van der Waals surface area contributed by atoms with Gasteiger partial charge in [-0.15, -0.1) is 0 Å².